The molecule has 14 nitrogen and oxygen atoms in total. The first kappa shape index (κ1) is 37.8. The minimum Gasteiger partial charge on any atom is -0.488 e. The standard InChI is InChI=1S/C43H53N7O7/c1-23(2)36(48-41-55-22-56-41)40(51)49-13-7-8-33(49)39-45-31-12-10-25-16-30-28-11-9-26(15-27(28)21-54-35(30)17-29(25)37(31)47-39)32-18-44-38(46-32)34-14-24(20-53-6)19-50(34)42(52)57-43(3,4)5/h9,11,15-18,23-24,33-34,36,41,48H,7-8,10,12-14,19-22H2,1-6H3,(H,44,46)(H,45,47)/t24-,33-,34-,36-/m0/s1. The lowest BCUT2D eigenvalue weighted by atomic mass is 9.86. The van der Waals surface area contributed by atoms with Crippen LogP contribution in [0.3, 0.4) is 0 Å². The van der Waals surface area contributed by atoms with E-state index in [4.69, 9.17) is 33.7 Å². The second-order valence-corrected chi connectivity index (χ2v) is 17.4. The van der Waals surface area contributed by atoms with Crippen molar-refractivity contribution in [1.82, 2.24) is 35.1 Å². The van der Waals surface area contributed by atoms with E-state index in [-0.39, 0.29) is 42.7 Å². The Morgan fingerprint density at radius 1 is 1.00 bits per heavy atom. The molecule has 1 aliphatic carbocycles. The van der Waals surface area contributed by atoms with Gasteiger partial charge in [0.2, 0.25) is 12.3 Å². The van der Waals surface area contributed by atoms with E-state index in [1.807, 2.05) is 45.7 Å². The third kappa shape index (κ3) is 7.21. The number of hydrogen-bond donors (Lipinski definition) is 3. The maximum absolute atomic E-state index is 13.9. The van der Waals surface area contributed by atoms with Crippen LogP contribution in [0, 0.1) is 11.8 Å². The molecule has 3 saturated heterocycles. The number of aromatic nitrogens is 4. The first-order chi connectivity index (χ1) is 27.4. The van der Waals surface area contributed by atoms with Crippen LogP contribution in [-0.2, 0) is 43.2 Å². The Bertz CT molecular complexity index is 2170. The summed E-state index contributed by atoms with van der Waals surface area (Å²) in [4.78, 5) is 47.9. The molecule has 4 aliphatic heterocycles. The number of aryl methyl sites for hydroxylation is 2. The summed E-state index contributed by atoms with van der Waals surface area (Å²) in [7, 11) is 1.69. The van der Waals surface area contributed by atoms with Crippen LogP contribution in [0.4, 0.5) is 4.79 Å². The van der Waals surface area contributed by atoms with Crippen LogP contribution in [0.25, 0.3) is 33.6 Å². The molecule has 0 unspecified atom stereocenters. The summed E-state index contributed by atoms with van der Waals surface area (Å²) in [6.07, 6.45) is 5.17. The lowest BCUT2D eigenvalue weighted by molar-refractivity contribution is -0.335. The fraction of sp³-hybridized carbons (Fsp3) is 0.535. The third-order valence-corrected chi connectivity index (χ3v) is 11.9. The van der Waals surface area contributed by atoms with Crippen LogP contribution in [0.1, 0.15) is 94.4 Å². The smallest absolute Gasteiger partial charge is 0.410 e. The highest BCUT2D eigenvalue weighted by atomic mass is 16.9. The first-order valence-electron chi connectivity index (χ1n) is 20.3. The number of methoxy groups -OCH3 is 1. The van der Waals surface area contributed by atoms with Gasteiger partial charge in [-0.1, -0.05) is 26.0 Å². The second-order valence-electron chi connectivity index (χ2n) is 17.4. The Labute approximate surface area is 333 Å². The Hall–Kier alpha value is -4.76. The molecule has 0 spiro atoms. The lowest BCUT2D eigenvalue weighted by Crippen LogP contribution is -2.56. The van der Waals surface area contributed by atoms with Crippen LogP contribution in [0.5, 0.6) is 5.75 Å². The second kappa shape index (κ2) is 14.9. The number of rotatable bonds is 9. The Balaban J connectivity index is 0.942. The van der Waals surface area contributed by atoms with Gasteiger partial charge >= 0.3 is 6.09 Å². The zero-order valence-corrected chi connectivity index (χ0v) is 33.6. The number of hydrogen-bond acceptors (Lipinski definition) is 10. The summed E-state index contributed by atoms with van der Waals surface area (Å²) in [5.74, 6) is 2.74. The number of likely N-dealkylation sites (tertiary alicyclic amines) is 2. The molecule has 3 N–H and O–H groups in total. The molecule has 302 valence electrons. The van der Waals surface area contributed by atoms with E-state index >= 15 is 0 Å². The molecule has 3 fully saturated rings. The minimum atomic E-state index is -0.595. The molecule has 4 aromatic rings. The fourth-order valence-corrected chi connectivity index (χ4v) is 9.07. The van der Waals surface area contributed by atoms with Gasteiger partial charge in [0.15, 0.2) is 6.79 Å². The average Bonchev–Trinajstić information content (AvgIpc) is 3.98. The van der Waals surface area contributed by atoms with Gasteiger partial charge in [-0.05, 0) is 99.2 Å². The average molecular weight is 780 g/mol. The third-order valence-electron chi connectivity index (χ3n) is 11.9. The van der Waals surface area contributed by atoms with Crippen molar-refractivity contribution in [2.75, 3.05) is 33.6 Å². The number of amides is 2. The summed E-state index contributed by atoms with van der Waals surface area (Å²) < 4.78 is 28.5. The molecule has 6 heterocycles. The maximum Gasteiger partial charge on any atom is 0.410 e. The molecule has 5 aliphatic rings. The molecule has 0 bridgehead atoms. The van der Waals surface area contributed by atoms with Gasteiger partial charge in [-0.25, -0.2) is 14.8 Å². The maximum atomic E-state index is 13.9. The molecule has 0 saturated carbocycles. The Morgan fingerprint density at radius 3 is 2.60 bits per heavy atom. The SMILES string of the molecule is COC[C@H]1C[C@@H](c2ncc(-c3ccc4c(c3)COc3cc5c(cc3-4)CCc3nc([C@@H]4CCCN4C(=O)[C@@H](NC4OCO4)C(C)C)[nH]c3-5)[nH]2)N(C(=O)OC(C)(C)C)C1. The fourth-order valence-electron chi connectivity index (χ4n) is 9.07. The molecule has 2 aromatic heterocycles. The molecule has 2 aromatic carbocycles. The van der Waals surface area contributed by atoms with Crippen LogP contribution in [-0.4, -0.2) is 93.4 Å². The molecule has 57 heavy (non-hydrogen) atoms. The van der Waals surface area contributed by atoms with Gasteiger partial charge in [0.05, 0.1) is 48.0 Å². The van der Waals surface area contributed by atoms with Crippen molar-refractivity contribution in [3.8, 4) is 39.4 Å². The zero-order valence-electron chi connectivity index (χ0n) is 33.6. The van der Waals surface area contributed by atoms with Gasteiger partial charge in [0.1, 0.15) is 29.6 Å². The van der Waals surface area contributed by atoms with Crippen molar-refractivity contribution in [2.24, 2.45) is 11.8 Å². The molecular formula is C43H53N7O7. The Morgan fingerprint density at radius 2 is 1.84 bits per heavy atom. The van der Waals surface area contributed by atoms with Crippen LogP contribution in [0.15, 0.2) is 36.5 Å². The monoisotopic (exact) mass is 779 g/mol. The van der Waals surface area contributed by atoms with Crippen molar-refractivity contribution in [3.63, 3.8) is 0 Å². The molecule has 0 radical (unpaired) electrons. The lowest BCUT2D eigenvalue weighted by Gasteiger charge is -2.35. The van der Waals surface area contributed by atoms with E-state index in [1.165, 1.54) is 5.56 Å². The molecule has 4 atom stereocenters. The topological polar surface area (TPSA) is 156 Å². The van der Waals surface area contributed by atoms with Crippen molar-refractivity contribution in [1.29, 1.82) is 0 Å². The van der Waals surface area contributed by atoms with Crippen LogP contribution >= 0.6 is 0 Å². The number of fused-ring (bicyclic) bond motifs is 6. The number of aromatic amines is 2. The number of carbonyl (C=O) groups is 2. The predicted octanol–water partition coefficient (Wildman–Crippen LogP) is 6.63. The number of carbonyl (C=O) groups excluding carboxylic acids is 2. The number of ether oxygens (including phenoxy) is 5. The van der Waals surface area contributed by atoms with Gasteiger partial charge in [-0.3, -0.25) is 15.0 Å². The summed E-state index contributed by atoms with van der Waals surface area (Å²) >= 11 is 0. The van der Waals surface area contributed by atoms with Crippen LogP contribution < -0.4 is 10.1 Å². The molecule has 2 amide bonds. The largest absolute Gasteiger partial charge is 0.488 e. The Kier molecular flexibility index (Phi) is 9.86. The van der Waals surface area contributed by atoms with Crippen molar-refractivity contribution in [3.05, 3.63) is 65.0 Å². The van der Waals surface area contributed by atoms with Gasteiger partial charge in [0, 0.05) is 37.2 Å². The number of imidazole rings is 2. The normalized spacial score (nSPS) is 22.1. The highest BCUT2D eigenvalue weighted by Crippen LogP contribution is 2.46. The highest BCUT2D eigenvalue weighted by molar-refractivity contribution is 5.84. The van der Waals surface area contributed by atoms with Gasteiger partial charge in [0.25, 0.3) is 0 Å². The molecular weight excluding hydrogens is 727 g/mol. The van der Waals surface area contributed by atoms with E-state index in [1.54, 1.807) is 12.0 Å². The van der Waals surface area contributed by atoms with Crippen LogP contribution in [0.2, 0.25) is 0 Å². The zero-order chi connectivity index (χ0) is 39.6. The number of nitrogens with one attached hydrogen (secondary N) is 3. The van der Waals surface area contributed by atoms with Crippen molar-refractivity contribution in [2.45, 2.75) is 103 Å². The van der Waals surface area contributed by atoms with E-state index < -0.39 is 18.1 Å². The van der Waals surface area contributed by atoms with E-state index in [2.05, 4.69) is 45.6 Å². The van der Waals surface area contributed by atoms with Crippen molar-refractivity contribution >= 4 is 12.0 Å². The molecule has 14 heteroatoms. The van der Waals surface area contributed by atoms with E-state index in [0.29, 0.717) is 26.3 Å². The van der Waals surface area contributed by atoms with Gasteiger partial charge in [-0.15, -0.1) is 0 Å². The number of nitrogens with zero attached hydrogens (tertiary/aromatic N) is 4. The van der Waals surface area contributed by atoms with Gasteiger partial charge in [-0.2, -0.15) is 0 Å². The summed E-state index contributed by atoms with van der Waals surface area (Å²) in [6.45, 7) is 12.2. The van der Waals surface area contributed by atoms with Gasteiger partial charge < -0.3 is 38.6 Å². The van der Waals surface area contributed by atoms with E-state index in [9.17, 15) is 9.59 Å². The minimum absolute atomic E-state index is 0.0494. The highest BCUT2D eigenvalue weighted by Gasteiger charge is 2.41. The quantitative estimate of drug-likeness (QED) is 0.169. The summed E-state index contributed by atoms with van der Waals surface area (Å²) in [5, 5.41) is 3.23. The summed E-state index contributed by atoms with van der Waals surface area (Å²) in [6, 6.07) is 10.1. The first-order valence-corrected chi connectivity index (χ1v) is 20.3. The number of H-pyrrole nitrogens is 2. The summed E-state index contributed by atoms with van der Waals surface area (Å²) in [5.41, 5.74) is 9.03. The van der Waals surface area contributed by atoms with E-state index in [0.717, 1.165) is 94.4 Å². The number of benzene rings is 2. The predicted molar refractivity (Wildman–Crippen MR) is 211 cm³/mol. The van der Waals surface area contributed by atoms with Crippen molar-refractivity contribution < 1.29 is 33.3 Å². The molecule has 9 rings (SSSR count).